The lowest BCUT2D eigenvalue weighted by atomic mass is 10.1. The van der Waals surface area contributed by atoms with E-state index >= 15 is 0 Å². The van der Waals surface area contributed by atoms with Crippen molar-refractivity contribution in [2.24, 2.45) is 5.73 Å². The number of aromatic nitrogens is 1. The zero-order chi connectivity index (χ0) is 9.84. The molecule has 0 aliphatic carbocycles. The fraction of sp³-hybridized carbons (Fsp3) is 0.444. The van der Waals surface area contributed by atoms with Gasteiger partial charge in [-0.3, -0.25) is 4.98 Å². The van der Waals surface area contributed by atoms with Crippen LogP contribution in [0.3, 0.4) is 0 Å². The van der Waals surface area contributed by atoms with Gasteiger partial charge in [-0.25, -0.2) is 0 Å². The third-order valence-electron chi connectivity index (χ3n) is 1.86. The maximum atomic E-state index is 5.86. The van der Waals surface area contributed by atoms with E-state index in [2.05, 4.69) is 20.9 Å². The summed E-state index contributed by atoms with van der Waals surface area (Å²) in [5.74, 6) is 0.740. The van der Waals surface area contributed by atoms with Gasteiger partial charge >= 0.3 is 0 Å². The monoisotopic (exact) mass is 244 g/mol. The van der Waals surface area contributed by atoms with Gasteiger partial charge in [-0.1, -0.05) is 6.92 Å². The molecule has 1 aromatic rings. The Morgan fingerprint density at radius 1 is 1.69 bits per heavy atom. The number of pyridine rings is 1. The molecule has 0 saturated carbocycles. The van der Waals surface area contributed by atoms with Gasteiger partial charge < -0.3 is 10.5 Å². The minimum absolute atomic E-state index is 0.0527. The van der Waals surface area contributed by atoms with E-state index in [0.717, 1.165) is 22.3 Å². The van der Waals surface area contributed by atoms with Gasteiger partial charge in [-0.2, -0.15) is 0 Å². The highest BCUT2D eigenvalue weighted by atomic mass is 79.9. The molecule has 0 spiro atoms. The Balaban J connectivity index is 3.05. The summed E-state index contributed by atoms with van der Waals surface area (Å²) in [6, 6.07) is 1.82. The van der Waals surface area contributed by atoms with Crippen LogP contribution in [0.1, 0.15) is 25.1 Å². The van der Waals surface area contributed by atoms with Crippen molar-refractivity contribution in [2.75, 3.05) is 7.11 Å². The predicted octanol–water partition coefficient (Wildman–Crippen LogP) is 2.26. The first-order valence-electron chi connectivity index (χ1n) is 4.14. The molecule has 0 aromatic carbocycles. The summed E-state index contributed by atoms with van der Waals surface area (Å²) in [5, 5.41) is 0. The van der Waals surface area contributed by atoms with E-state index in [0.29, 0.717) is 0 Å². The second kappa shape index (κ2) is 4.58. The maximum Gasteiger partial charge on any atom is 0.143 e. The SMILES string of the molecule is CCC(N)c1ncc(Br)cc1OC. The van der Waals surface area contributed by atoms with Gasteiger partial charge in [-0.15, -0.1) is 0 Å². The van der Waals surface area contributed by atoms with Gasteiger partial charge in [0.15, 0.2) is 0 Å². The molecule has 0 amide bonds. The molecule has 1 atom stereocenters. The van der Waals surface area contributed by atoms with Crippen LogP contribution in [-0.2, 0) is 0 Å². The minimum atomic E-state index is -0.0527. The zero-order valence-corrected chi connectivity index (χ0v) is 9.34. The Kier molecular flexibility index (Phi) is 3.69. The van der Waals surface area contributed by atoms with Crippen molar-refractivity contribution >= 4 is 15.9 Å². The van der Waals surface area contributed by atoms with E-state index in [1.807, 2.05) is 13.0 Å². The fourth-order valence-electron chi connectivity index (χ4n) is 1.07. The number of methoxy groups -OCH3 is 1. The molecule has 1 rings (SSSR count). The molecular weight excluding hydrogens is 232 g/mol. The first-order valence-corrected chi connectivity index (χ1v) is 4.93. The van der Waals surface area contributed by atoms with Crippen LogP contribution in [0.4, 0.5) is 0 Å². The van der Waals surface area contributed by atoms with Crippen LogP contribution in [0, 0.1) is 0 Å². The summed E-state index contributed by atoms with van der Waals surface area (Å²) in [4.78, 5) is 4.22. The highest BCUT2D eigenvalue weighted by Crippen LogP contribution is 2.26. The third-order valence-corrected chi connectivity index (χ3v) is 2.29. The predicted molar refractivity (Wildman–Crippen MR) is 55.7 cm³/mol. The van der Waals surface area contributed by atoms with Crippen LogP contribution < -0.4 is 10.5 Å². The molecule has 72 valence electrons. The molecule has 0 aliphatic heterocycles. The Labute approximate surface area is 86.4 Å². The molecule has 1 unspecified atom stereocenters. The number of hydrogen-bond donors (Lipinski definition) is 1. The van der Waals surface area contributed by atoms with Crippen molar-refractivity contribution in [1.82, 2.24) is 4.98 Å². The summed E-state index contributed by atoms with van der Waals surface area (Å²) in [6.07, 6.45) is 2.58. The van der Waals surface area contributed by atoms with Gasteiger partial charge in [0.1, 0.15) is 5.75 Å². The number of nitrogens with two attached hydrogens (primary N) is 1. The van der Waals surface area contributed by atoms with Crippen molar-refractivity contribution in [3.05, 3.63) is 22.4 Å². The summed E-state index contributed by atoms with van der Waals surface area (Å²) < 4.78 is 6.08. The summed E-state index contributed by atoms with van der Waals surface area (Å²) in [5.41, 5.74) is 6.68. The zero-order valence-electron chi connectivity index (χ0n) is 7.75. The highest BCUT2D eigenvalue weighted by molar-refractivity contribution is 9.10. The molecule has 0 aliphatic rings. The smallest absolute Gasteiger partial charge is 0.143 e. The molecule has 1 heterocycles. The van der Waals surface area contributed by atoms with E-state index in [4.69, 9.17) is 10.5 Å². The molecule has 0 radical (unpaired) electrons. The van der Waals surface area contributed by atoms with Gasteiger partial charge in [0, 0.05) is 10.7 Å². The summed E-state index contributed by atoms with van der Waals surface area (Å²) in [6.45, 7) is 2.02. The molecule has 1 aromatic heterocycles. The van der Waals surface area contributed by atoms with Gasteiger partial charge in [0.05, 0.1) is 18.8 Å². The van der Waals surface area contributed by atoms with Gasteiger partial charge in [-0.05, 0) is 28.4 Å². The van der Waals surface area contributed by atoms with E-state index < -0.39 is 0 Å². The van der Waals surface area contributed by atoms with Crippen molar-refractivity contribution in [3.63, 3.8) is 0 Å². The highest BCUT2D eigenvalue weighted by Gasteiger charge is 2.11. The average molecular weight is 245 g/mol. The number of nitrogens with zero attached hydrogens (tertiary/aromatic N) is 1. The second-order valence-corrected chi connectivity index (χ2v) is 3.67. The minimum Gasteiger partial charge on any atom is -0.495 e. The van der Waals surface area contributed by atoms with Crippen molar-refractivity contribution in [1.29, 1.82) is 0 Å². The Morgan fingerprint density at radius 2 is 2.38 bits per heavy atom. The second-order valence-electron chi connectivity index (χ2n) is 2.76. The fourth-order valence-corrected chi connectivity index (χ4v) is 1.38. The lowest BCUT2D eigenvalue weighted by Crippen LogP contribution is -2.12. The lowest BCUT2D eigenvalue weighted by Gasteiger charge is -2.12. The molecule has 0 saturated heterocycles. The first kappa shape index (κ1) is 10.5. The molecular formula is C9H13BrN2O. The number of rotatable bonds is 3. The van der Waals surface area contributed by atoms with E-state index in [1.165, 1.54) is 0 Å². The molecule has 0 bridgehead atoms. The Hall–Kier alpha value is -0.610. The van der Waals surface area contributed by atoms with Crippen LogP contribution >= 0.6 is 15.9 Å². The van der Waals surface area contributed by atoms with Gasteiger partial charge in [0.2, 0.25) is 0 Å². The Bertz CT molecular complexity index is 291. The third kappa shape index (κ3) is 2.42. The van der Waals surface area contributed by atoms with Crippen LogP contribution in [0.25, 0.3) is 0 Å². The van der Waals surface area contributed by atoms with E-state index in [9.17, 15) is 0 Å². The van der Waals surface area contributed by atoms with Crippen LogP contribution in [0.15, 0.2) is 16.7 Å². The standard InChI is InChI=1S/C9H13BrN2O/c1-3-7(11)9-8(13-2)4-6(10)5-12-9/h4-5,7H,3,11H2,1-2H3. The van der Waals surface area contributed by atoms with Crippen LogP contribution in [0.5, 0.6) is 5.75 Å². The van der Waals surface area contributed by atoms with E-state index in [1.54, 1.807) is 13.3 Å². The number of halogens is 1. The van der Waals surface area contributed by atoms with Crippen LogP contribution in [0.2, 0.25) is 0 Å². The number of hydrogen-bond acceptors (Lipinski definition) is 3. The quantitative estimate of drug-likeness (QED) is 0.888. The van der Waals surface area contributed by atoms with Crippen molar-refractivity contribution < 1.29 is 4.74 Å². The number of ether oxygens (including phenoxy) is 1. The van der Waals surface area contributed by atoms with Crippen LogP contribution in [-0.4, -0.2) is 12.1 Å². The Morgan fingerprint density at radius 3 is 2.92 bits per heavy atom. The molecule has 13 heavy (non-hydrogen) atoms. The summed E-state index contributed by atoms with van der Waals surface area (Å²) in [7, 11) is 1.62. The largest absolute Gasteiger partial charge is 0.495 e. The average Bonchev–Trinajstić information content (AvgIpc) is 2.16. The first-order chi connectivity index (χ1) is 6.19. The van der Waals surface area contributed by atoms with E-state index in [-0.39, 0.29) is 6.04 Å². The molecule has 4 heteroatoms. The topological polar surface area (TPSA) is 48.1 Å². The molecule has 2 N–H and O–H groups in total. The molecule has 3 nitrogen and oxygen atoms in total. The molecule has 0 fully saturated rings. The van der Waals surface area contributed by atoms with Crippen molar-refractivity contribution in [2.45, 2.75) is 19.4 Å². The van der Waals surface area contributed by atoms with Gasteiger partial charge in [0.25, 0.3) is 0 Å². The van der Waals surface area contributed by atoms with Crippen molar-refractivity contribution in [3.8, 4) is 5.75 Å². The lowest BCUT2D eigenvalue weighted by molar-refractivity contribution is 0.401. The maximum absolute atomic E-state index is 5.86. The summed E-state index contributed by atoms with van der Waals surface area (Å²) >= 11 is 3.32. The normalized spacial score (nSPS) is 12.6.